The number of nitrogens with one attached hydrogen (secondary N) is 1. The number of aromatic nitrogens is 2. The summed E-state index contributed by atoms with van der Waals surface area (Å²) in [7, 11) is 0. The van der Waals surface area contributed by atoms with E-state index in [4.69, 9.17) is 9.47 Å². The Morgan fingerprint density at radius 3 is 2.67 bits per heavy atom. The van der Waals surface area contributed by atoms with Crippen LogP contribution in [0, 0.1) is 19.8 Å². The number of aryl methyl sites for hydroxylation is 2. The Morgan fingerprint density at radius 2 is 1.88 bits per heavy atom. The van der Waals surface area contributed by atoms with Gasteiger partial charge in [0.2, 0.25) is 5.91 Å². The van der Waals surface area contributed by atoms with Crippen molar-refractivity contribution in [1.29, 1.82) is 0 Å². The van der Waals surface area contributed by atoms with Gasteiger partial charge in [-0.1, -0.05) is 0 Å². The maximum absolute atomic E-state index is 13.0. The Bertz CT molecular complexity index is 1230. The fourth-order valence-electron chi connectivity index (χ4n) is 5.29. The lowest BCUT2D eigenvalue weighted by molar-refractivity contribution is -0.120. The topological polar surface area (TPSA) is 76.6 Å². The highest BCUT2D eigenvalue weighted by molar-refractivity contribution is 7.18. The van der Waals surface area contributed by atoms with E-state index in [0.29, 0.717) is 0 Å². The van der Waals surface area contributed by atoms with Crippen LogP contribution in [-0.2, 0) is 4.79 Å². The van der Waals surface area contributed by atoms with E-state index in [9.17, 15) is 4.79 Å². The van der Waals surface area contributed by atoms with Crippen molar-refractivity contribution in [2.75, 3.05) is 23.3 Å². The average Bonchev–Trinajstić information content (AvgIpc) is 3.51. The van der Waals surface area contributed by atoms with Gasteiger partial charge in [0.15, 0.2) is 11.5 Å². The number of thiophene rings is 1. The van der Waals surface area contributed by atoms with Gasteiger partial charge in [-0.2, -0.15) is 0 Å². The highest BCUT2D eigenvalue weighted by Crippen LogP contribution is 2.47. The van der Waals surface area contributed by atoms with Crippen LogP contribution in [0.3, 0.4) is 0 Å². The number of amides is 1. The van der Waals surface area contributed by atoms with Crippen molar-refractivity contribution in [1.82, 2.24) is 9.97 Å². The van der Waals surface area contributed by atoms with Crippen LogP contribution in [0.4, 0.5) is 11.5 Å². The van der Waals surface area contributed by atoms with Crippen molar-refractivity contribution in [2.24, 2.45) is 5.92 Å². The van der Waals surface area contributed by atoms with Crippen LogP contribution in [0.5, 0.6) is 11.5 Å². The minimum atomic E-state index is -0.483. The summed E-state index contributed by atoms with van der Waals surface area (Å²) in [5.41, 5.74) is 2.02. The number of fused-ring (bicyclic) bond motifs is 2. The molecule has 1 aromatic carbocycles. The Labute approximate surface area is 197 Å². The summed E-state index contributed by atoms with van der Waals surface area (Å²) in [6.45, 7) is 5.89. The molecule has 1 amide bonds. The van der Waals surface area contributed by atoms with Gasteiger partial charge in [-0.05, 0) is 57.2 Å². The molecule has 0 atom stereocenters. The molecule has 1 N–H and O–H groups in total. The quantitative estimate of drug-likeness (QED) is 0.574. The maximum atomic E-state index is 13.0. The van der Waals surface area contributed by atoms with E-state index in [1.807, 2.05) is 18.2 Å². The van der Waals surface area contributed by atoms with Crippen LogP contribution in [0.15, 0.2) is 24.5 Å². The smallest absolute Gasteiger partial charge is 0.251 e. The molecule has 1 saturated heterocycles. The molecular formula is C25H28N4O3S. The Kier molecular flexibility index (Phi) is 4.94. The second-order valence-electron chi connectivity index (χ2n) is 9.39. The van der Waals surface area contributed by atoms with Crippen molar-refractivity contribution in [3.8, 4) is 11.5 Å². The molecule has 2 aromatic heterocycles. The van der Waals surface area contributed by atoms with Gasteiger partial charge < -0.3 is 19.7 Å². The highest BCUT2D eigenvalue weighted by Gasteiger charge is 2.44. The summed E-state index contributed by atoms with van der Waals surface area (Å²) in [6.07, 6.45) is 7.35. The second-order valence-corrected chi connectivity index (χ2v) is 10.6. The molecule has 3 aliphatic rings. The van der Waals surface area contributed by atoms with E-state index in [1.165, 1.54) is 10.4 Å². The van der Waals surface area contributed by atoms with E-state index in [2.05, 4.69) is 34.0 Å². The first-order valence-corrected chi connectivity index (χ1v) is 12.6. The van der Waals surface area contributed by atoms with Crippen LogP contribution in [0.2, 0.25) is 0 Å². The predicted molar refractivity (Wildman–Crippen MR) is 129 cm³/mol. The van der Waals surface area contributed by atoms with Gasteiger partial charge in [0.1, 0.15) is 17.0 Å². The lowest BCUT2D eigenvalue weighted by Gasteiger charge is -2.32. The standard InChI is InChI=1S/C25H28N4O3S/c1-15-16(2)33-24-21(15)22(26-14-27-24)29-11-7-17(8-12-29)23(30)28-18-5-6-19-20(13-18)32-25(31-19)9-3-4-10-25/h5-6,13-14,17H,3-4,7-12H2,1-2H3,(H,28,30). The van der Waals surface area contributed by atoms with Gasteiger partial charge in [0, 0.05) is 48.5 Å². The van der Waals surface area contributed by atoms with Crippen LogP contribution in [0.25, 0.3) is 10.2 Å². The number of carbonyl (C=O) groups is 1. The Hall–Kier alpha value is -2.87. The molecule has 7 nitrogen and oxygen atoms in total. The number of hydrogen-bond acceptors (Lipinski definition) is 7. The molecular weight excluding hydrogens is 436 g/mol. The van der Waals surface area contributed by atoms with E-state index < -0.39 is 5.79 Å². The summed E-state index contributed by atoms with van der Waals surface area (Å²) in [6, 6.07) is 5.71. The first-order valence-electron chi connectivity index (χ1n) is 11.8. The van der Waals surface area contributed by atoms with Crippen LogP contribution in [-0.4, -0.2) is 34.8 Å². The summed E-state index contributed by atoms with van der Waals surface area (Å²) >= 11 is 1.72. The molecule has 0 unspecified atom stereocenters. The van der Waals surface area contributed by atoms with Crippen molar-refractivity contribution in [3.63, 3.8) is 0 Å². The number of carbonyl (C=O) groups excluding carboxylic acids is 1. The molecule has 0 bridgehead atoms. The zero-order chi connectivity index (χ0) is 22.6. The Balaban J connectivity index is 1.11. The van der Waals surface area contributed by atoms with Crippen molar-refractivity contribution in [2.45, 2.75) is 58.2 Å². The minimum Gasteiger partial charge on any atom is -0.448 e. The third kappa shape index (κ3) is 3.60. The molecule has 0 radical (unpaired) electrons. The lowest BCUT2D eigenvalue weighted by Crippen LogP contribution is -2.38. The molecule has 6 rings (SSSR count). The highest BCUT2D eigenvalue weighted by atomic mass is 32.1. The Morgan fingerprint density at radius 1 is 1.12 bits per heavy atom. The predicted octanol–water partition coefficient (Wildman–Crippen LogP) is 5.20. The molecule has 8 heteroatoms. The minimum absolute atomic E-state index is 0.0181. The number of nitrogens with zero attached hydrogens (tertiary/aromatic N) is 3. The van der Waals surface area contributed by atoms with Crippen LogP contribution >= 0.6 is 11.3 Å². The first-order chi connectivity index (χ1) is 16.0. The monoisotopic (exact) mass is 464 g/mol. The van der Waals surface area contributed by atoms with Crippen LogP contribution in [0.1, 0.15) is 49.0 Å². The molecule has 1 aliphatic carbocycles. The molecule has 2 aliphatic heterocycles. The number of piperidine rings is 1. The number of rotatable bonds is 3. The van der Waals surface area contributed by atoms with E-state index in [-0.39, 0.29) is 11.8 Å². The summed E-state index contributed by atoms with van der Waals surface area (Å²) in [5, 5.41) is 4.26. The molecule has 33 heavy (non-hydrogen) atoms. The van der Waals surface area contributed by atoms with Gasteiger partial charge in [0.05, 0.1) is 5.39 Å². The fraction of sp³-hybridized carbons (Fsp3) is 0.480. The van der Waals surface area contributed by atoms with E-state index in [1.54, 1.807) is 17.7 Å². The van der Waals surface area contributed by atoms with Gasteiger partial charge in [0.25, 0.3) is 5.79 Å². The van der Waals surface area contributed by atoms with Crippen LogP contribution < -0.4 is 19.7 Å². The van der Waals surface area contributed by atoms with Crippen molar-refractivity contribution >= 4 is 39.0 Å². The third-order valence-electron chi connectivity index (χ3n) is 7.28. The first kappa shape index (κ1) is 20.7. The number of benzene rings is 1. The maximum Gasteiger partial charge on any atom is 0.251 e. The second kappa shape index (κ2) is 7.87. The fourth-order valence-corrected chi connectivity index (χ4v) is 6.28. The zero-order valence-corrected chi connectivity index (χ0v) is 19.8. The number of ether oxygens (including phenoxy) is 2. The number of hydrogen-bond donors (Lipinski definition) is 1. The van der Waals surface area contributed by atoms with E-state index in [0.717, 1.165) is 84.8 Å². The molecule has 2 fully saturated rings. The van der Waals surface area contributed by atoms with Gasteiger partial charge in [-0.25, -0.2) is 9.97 Å². The van der Waals surface area contributed by atoms with Crippen molar-refractivity contribution < 1.29 is 14.3 Å². The SMILES string of the molecule is Cc1sc2ncnc(N3CCC(C(=O)Nc4ccc5c(c4)OC4(CCCC4)O5)CC3)c2c1C. The van der Waals surface area contributed by atoms with Gasteiger partial charge in [-0.15, -0.1) is 11.3 Å². The van der Waals surface area contributed by atoms with Crippen molar-refractivity contribution in [3.05, 3.63) is 35.0 Å². The average molecular weight is 465 g/mol. The molecule has 4 heterocycles. The largest absolute Gasteiger partial charge is 0.448 e. The summed E-state index contributed by atoms with van der Waals surface area (Å²) in [5.74, 6) is 2.08. The van der Waals surface area contributed by atoms with Gasteiger partial charge in [-0.3, -0.25) is 4.79 Å². The normalized spacial score (nSPS) is 19.5. The van der Waals surface area contributed by atoms with Gasteiger partial charge >= 0.3 is 0 Å². The lowest BCUT2D eigenvalue weighted by atomic mass is 9.95. The number of anilines is 2. The summed E-state index contributed by atoms with van der Waals surface area (Å²) in [4.78, 5) is 26.7. The molecule has 1 spiro atoms. The molecule has 3 aromatic rings. The van der Waals surface area contributed by atoms with E-state index >= 15 is 0 Å². The molecule has 172 valence electrons. The summed E-state index contributed by atoms with van der Waals surface area (Å²) < 4.78 is 12.2. The zero-order valence-electron chi connectivity index (χ0n) is 19.0. The molecule has 1 saturated carbocycles. The third-order valence-corrected chi connectivity index (χ3v) is 8.39.